The van der Waals surface area contributed by atoms with Crippen molar-refractivity contribution in [2.24, 2.45) is 5.92 Å². The Morgan fingerprint density at radius 3 is 2.60 bits per heavy atom. The summed E-state index contributed by atoms with van der Waals surface area (Å²) in [7, 11) is -3.19. The Morgan fingerprint density at radius 2 is 1.90 bits per heavy atom. The molecule has 2 aliphatic rings. The van der Waals surface area contributed by atoms with E-state index < -0.39 is 10.0 Å². The maximum atomic E-state index is 12.0. The fraction of sp³-hybridized carbons (Fsp3) is 0.600. The zero-order valence-corrected chi connectivity index (χ0v) is 12.8. The Kier molecular flexibility index (Phi) is 3.73. The SMILES string of the molecule is CS(=O)(=O)N1CC(CN2CCCC2)Cc2ccccc21. The lowest BCUT2D eigenvalue weighted by Crippen LogP contribution is -2.43. The fourth-order valence-corrected chi connectivity index (χ4v) is 4.42. The summed E-state index contributed by atoms with van der Waals surface area (Å²) in [4.78, 5) is 2.47. The van der Waals surface area contributed by atoms with E-state index in [2.05, 4.69) is 11.0 Å². The van der Waals surface area contributed by atoms with Gasteiger partial charge >= 0.3 is 0 Å². The largest absolute Gasteiger partial charge is 0.303 e. The van der Waals surface area contributed by atoms with E-state index in [1.165, 1.54) is 19.1 Å². The molecule has 3 rings (SSSR count). The number of sulfonamides is 1. The number of para-hydroxylation sites is 1. The number of nitrogens with zero attached hydrogens (tertiary/aromatic N) is 2. The van der Waals surface area contributed by atoms with Crippen LogP contribution in [0.2, 0.25) is 0 Å². The molecule has 0 aromatic heterocycles. The van der Waals surface area contributed by atoms with Gasteiger partial charge in [0.05, 0.1) is 11.9 Å². The molecule has 20 heavy (non-hydrogen) atoms. The molecule has 2 heterocycles. The van der Waals surface area contributed by atoms with Gasteiger partial charge in [-0.1, -0.05) is 18.2 Å². The zero-order chi connectivity index (χ0) is 14.2. The van der Waals surface area contributed by atoms with Crippen LogP contribution < -0.4 is 4.31 Å². The van der Waals surface area contributed by atoms with Gasteiger partial charge in [-0.05, 0) is 49.9 Å². The molecule has 1 aromatic rings. The van der Waals surface area contributed by atoms with Gasteiger partial charge in [0, 0.05) is 13.1 Å². The van der Waals surface area contributed by atoms with E-state index in [1.54, 1.807) is 4.31 Å². The summed E-state index contributed by atoms with van der Waals surface area (Å²) in [6.07, 6.45) is 4.85. The molecule has 0 bridgehead atoms. The summed E-state index contributed by atoms with van der Waals surface area (Å²) in [5.74, 6) is 0.401. The second-order valence-electron chi connectivity index (χ2n) is 6.00. The molecule has 0 saturated carbocycles. The molecule has 0 spiro atoms. The van der Waals surface area contributed by atoms with E-state index >= 15 is 0 Å². The first kappa shape index (κ1) is 13.9. The van der Waals surface area contributed by atoms with Crippen LogP contribution in [-0.4, -0.2) is 45.8 Å². The van der Waals surface area contributed by atoms with E-state index in [9.17, 15) is 8.42 Å². The molecule has 110 valence electrons. The number of rotatable bonds is 3. The molecule has 1 unspecified atom stereocenters. The van der Waals surface area contributed by atoms with Crippen LogP contribution in [0.1, 0.15) is 18.4 Å². The fourth-order valence-electron chi connectivity index (χ4n) is 3.40. The first-order chi connectivity index (χ1) is 9.54. The number of benzene rings is 1. The van der Waals surface area contributed by atoms with Gasteiger partial charge < -0.3 is 4.90 Å². The number of hydrogen-bond donors (Lipinski definition) is 0. The predicted molar refractivity (Wildman–Crippen MR) is 81.5 cm³/mol. The predicted octanol–water partition coefficient (Wildman–Crippen LogP) is 1.72. The lowest BCUT2D eigenvalue weighted by Gasteiger charge is -2.36. The molecule has 1 saturated heterocycles. The number of anilines is 1. The van der Waals surface area contributed by atoms with Crippen LogP contribution in [0, 0.1) is 5.92 Å². The second-order valence-corrected chi connectivity index (χ2v) is 7.91. The quantitative estimate of drug-likeness (QED) is 0.852. The average Bonchev–Trinajstić information content (AvgIpc) is 2.89. The van der Waals surface area contributed by atoms with E-state index in [0.29, 0.717) is 12.5 Å². The third-order valence-corrected chi connectivity index (χ3v) is 5.45. The van der Waals surface area contributed by atoms with Crippen molar-refractivity contribution in [3.63, 3.8) is 0 Å². The highest BCUT2D eigenvalue weighted by Crippen LogP contribution is 2.32. The third-order valence-electron chi connectivity index (χ3n) is 4.31. The average molecular weight is 294 g/mol. The van der Waals surface area contributed by atoms with Gasteiger partial charge in [-0.15, -0.1) is 0 Å². The van der Waals surface area contributed by atoms with Crippen molar-refractivity contribution in [1.29, 1.82) is 0 Å². The van der Waals surface area contributed by atoms with Gasteiger partial charge in [-0.3, -0.25) is 4.31 Å². The Morgan fingerprint density at radius 1 is 1.20 bits per heavy atom. The number of fused-ring (bicyclic) bond motifs is 1. The van der Waals surface area contributed by atoms with Crippen molar-refractivity contribution in [2.75, 3.05) is 36.7 Å². The van der Waals surface area contributed by atoms with E-state index in [1.807, 2.05) is 18.2 Å². The molecule has 0 amide bonds. The summed E-state index contributed by atoms with van der Waals surface area (Å²) in [6, 6.07) is 7.89. The number of hydrogen-bond acceptors (Lipinski definition) is 3. The van der Waals surface area contributed by atoms with Crippen molar-refractivity contribution in [1.82, 2.24) is 4.90 Å². The molecular formula is C15H22N2O2S. The molecule has 2 aliphatic heterocycles. The van der Waals surface area contributed by atoms with Crippen molar-refractivity contribution >= 4 is 15.7 Å². The van der Waals surface area contributed by atoms with Gasteiger partial charge in [0.15, 0.2) is 0 Å². The molecule has 1 atom stereocenters. The Balaban J connectivity index is 1.84. The summed E-state index contributed by atoms with van der Waals surface area (Å²) >= 11 is 0. The van der Waals surface area contributed by atoms with E-state index in [0.717, 1.165) is 37.3 Å². The first-order valence-electron chi connectivity index (χ1n) is 7.32. The third kappa shape index (κ3) is 2.83. The van der Waals surface area contributed by atoms with Crippen LogP contribution in [0.15, 0.2) is 24.3 Å². The van der Waals surface area contributed by atoms with Crippen molar-refractivity contribution in [3.8, 4) is 0 Å². The summed E-state index contributed by atoms with van der Waals surface area (Å²) in [5, 5.41) is 0. The van der Waals surface area contributed by atoms with Crippen molar-refractivity contribution in [2.45, 2.75) is 19.3 Å². The van der Waals surface area contributed by atoms with Crippen LogP contribution in [0.4, 0.5) is 5.69 Å². The molecule has 0 radical (unpaired) electrons. The zero-order valence-electron chi connectivity index (χ0n) is 12.0. The van der Waals surface area contributed by atoms with Crippen LogP contribution in [0.5, 0.6) is 0 Å². The minimum atomic E-state index is -3.19. The van der Waals surface area contributed by atoms with Gasteiger partial charge in [-0.25, -0.2) is 8.42 Å². The first-order valence-corrected chi connectivity index (χ1v) is 9.17. The Hall–Kier alpha value is -1.07. The Bertz CT molecular complexity index is 579. The highest BCUT2D eigenvalue weighted by atomic mass is 32.2. The number of likely N-dealkylation sites (tertiary alicyclic amines) is 1. The molecule has 1 aromatic carbocycles. The maximum Gasteiger partial charge on any atom is 0.232 e. The van der Waals surface area contributed by atoms with E-state index in [-0.39, 0.29) is 0 Å². The topological polar surface area (TPSA) is 40.6 Å². The van der Waals surface area contributed by atoms with E-state index in [4.69, 9.17) is 0 Å². The van der Waals surface area contributed by atoms with Crippen molar-refractivity contribution < 1.29 is 8.42 Å². The molecule has 0 N–H and O–H groups in total. The minimum Gasteiger partial charge on any atom is -0.303 e. The van der Waals surface area contributed by atoms with Crippen molar-refractivity contribution in [3.05, 3.63) is 29.8 Å². The van der Waals surface area contributed by atoms with Crippen LogP contribution in [-0.2, 0) is 16.4 Å². The molecule has 5 heteroatoms. The normalized spacial score (nSPS) is 23.9. The minimum absolute atomic E-state index is 0.401. The molecule has 0 aliphatic carbocycles. The lowest BCUT2D eigenvalue weighted by atomic mass is 9.93. The van der Waals surface area contributed by atoms with Crippen LogP contribution in [0.3, 0.4) is 0 Å². The summed E-state index contributed by atoms with van der Waals surface area (Å²) < 4.78 is 25.7. The lowest BCUT2D eigenvalue weighted by molar-refractivity contribution is 0.277. The highest BCUT2D eigenvalue weighted by molar-refractivity contribution is 7.92. The monoisotopic (exact) mass is 294 g/mol. The van der Waals surface area contributed by atoms with Gasteiger partial charge in [0.2, 0.25) is 10.0 Å². The van der Waals surface area contributed by atoms with Crippen LogP contribution in [0.25, 0.3) is 0 Å². The molecule has 4 nitrogen and oxygen atoms in total. The van der Waals surface area contributed by atoms with Crippen LogP contribution >= 0.6 is 0 Å². The molecule has 1 fully saturated rings. The molecular weight excluding hydrogens is 272 g/mol. The maximum absolute atomic E-state index is 12.0. The second kappa shape index (κ2) is 5.37. The van der Waals surface area contributed by atoms with Gasteiger partial charge in [0.25, 0.3) is 0 Å². The van der Waals surface area contributed by atoms with Gasteiger partial charge in [0.1, 0.15) is 0 Å². The Labute approximate surface area is 121 Å². The standard InChI is InChI=1S/C15H22N2O2S/c1-20(18,19)17-12-13(11-16-8-4-5-9-16)10-14-6-2-3-7-15(14)17/h2-3,6-7,13H,4-5,8-12H2,1H3. The van der Waals surface area contributed by atoms with Gasteiger partial charge in [-0.2, -0.15) is 0 Å². The highest BCUT2D eigenvalue weighted by Gasteiger charge is 2.30. The summed E-state index contributed by atoms with van der Waals surface area (Å²) in [5.41, 5.74) is 2.03. The smallest absolute Gasteiger partial charge is 0.232 e. The summed E-state index contributed by atoms with van der Waals surface area (Å²) in [6.45, 7) is 3.96.